The second-order valence-electron chi connectivity index (χ2n) is 4.84. The topological polar surface area (TPSA) is 60.4 Å². The Kier molecular flexibility index (Phi) is 4.09. The third-order valence-electron chi connectivity index (χ3n) is 3.84. The highest BCUT2D eigenvalue weighted by molar-refractivity contribution is 9.10. The van der Waals surface area contributed by atoms with Gasteiger partial charge in [0.25, 0.3) is 0 Å². The van der Waals surface area contributed by atoms with Crippen molar-refractivity contribution in [2.24, 2.45) is 11.3 Å². The normalized spacial score (nSPS) is 27.8. The second kappa shape index (κ2) is 5.48. The van der Waals surface area contributed by atoms with E-state index in [1.54, 1.807) is 6.92 Å². The molecule has 0 saturated heterocycles. The number of esters is 1. The molecule has 0 bridgehead atoms. The first kappa shape index (κ1) is 14.9. The number of benzene rings is 1. The molecule has 0 radical (unpaired) electrons. The predicted molar refractivity (Wildman–Crippen MR) is 76.2 cm³/mol. The largest absolute Gasteiger partial charge is 0.465 e. The molecule has 0 aromatic heterocycles. The molecule has 2 rings (SSSR count). The second-order valence-corrected chi connectivity index (χ2v) is 5.75. The Morgan fingerprint density at radius 3 is 2.40 bits per heavy atom. The summed E-state index contributed by atoms with van der Waals surface area (Å²) in [5.41, 5.74) is -0.542. The molecule has 1 aliphatic carbocycles. The fraction of sp³-hybridized carbons (Fsp3) is 0.400. The number of rotatable bonds is 5. The number of halogens is 1. The summed E-state index contributed by atoms with van der Waals surface area (Å²) < 4.78 is 5.91. The Bertz CT molecular complexity index is 551. The zero-order chi connectivity index (χ0) is 14.9. The zero-order valence-electron chi connectivity index (χ0n) is 11.3. The molecule has 0 aliphatic heterocycles. The molecule has 1 aliphatic rings. The minimum atomic E-state index is -1.34. The molecule has 0 amide bonds. The zero-order valence-corrected chi connectivity index (χ0v) is 12.8. The molecule has 1 aromatic rings. The van der Waals surface area contributed by atoms with Gasteiger partial charge in [-0.25, -0.2) is 0 Å². The Labute approximate surface area is 125 Å². The summed E-state index contributed by atoms with van der Waals surface area (Å²) in [4.78, 5) is 35.5. The van der Waals surface area contributed by atoms with Gasteiger partial charge in [0, 0.05) is 16.3 Å². The number of hydrogen-bond acceptors (Lipinski definition) is 4. The molecule has 0 N–H and O–H groups in total. The number of aldehydes is 1. The van der Waals surface area contributed by atoms with Gasteiger partial charge in [0.15, 0.2) is 0 Å². The van der Waals surface area contributed by atoms with E-state index in [0.29, 0.717) is 6.29 Å². The van der Waals surface area contributed by atoms with Crippen LogP contribution in [0.25, 0.3) is 0 Å². The summed E-state index contributed by atoms with van der Waals surface area (Å²) >= 11 is 3.33. The Morgan fingerprint density at radius 2 is 1.95 bits per heavy atom. The average Bonchev–Trinajstić information content (AvgIpc) is 3.10. The van der Waals surface area contributed by atoms with Crippen molar-refractivity contribution >= 4 is 34.0 Å². The van der Waals surface area contributed by atoms with Gasteiger partial charge in [-0.3, -0.25) is 9.59 Å². The Morgan fingerprint density at radius 1 is 1.35 bits per heavy atom. The van der Waals surface area contributed by atoms with Gasteiger partial charge in [0.1, 0.15) is 17.5 Å². The Balaban J connectivity index is 2.42. The molecule has 4 nitrogen and oxygen atoms in total. The highest BCUT2D eigenvalue weighted by atomic mass is 79.9. The predicted octanol–water partition coefficient (Wildman–Crippen LogP) is 2.50. The van der Waals surface area contributed by atoms with E-state index in [1.165, 1.54) is 6.92 Å². The van der Waals surface area contributed by atoms with Crippen LogP contribution >= 0.6 is 15.9 Å². The molecule has 106 valence electrons. The first-order chi connectivity index (χ1) is 9.49. The van der Waals surface area contributed by atoms with Crippen LogP contribution in [0.1, 0.15) is 25.3 Å². The third-order valence-corrected chi connectivity index (χ3v) is 4.37. The lowest BCUT2D eigenvalue weighted by atomic mass is 9.94. The molecule has 0 spiro atoms. The van der Waals surface area contributed by atoms with Gasteiger partial charge in [0.05, 0.1) is 6.61 Å². The van der Waals surface area contributed by atoms with Crippen molar-refractivity contribution in [1.29, 1.82) is 0 Å². The van der Waals surface area contributed by atoms with Crippen LogP contribution < -0.4 is 0 Å². The van der Waals surface area contributed by atoms with Crippen LogP contribution in [0.5, 0.6) is 0 Å². The lowest BCUT2D eigenvalue weighted by Gasteiger charge is -2.12. The summed E-state index contributed by atoms with van der Waals surface area (Å²) in [5.74, 6) is -1.98. The molecular weight excluding hydrogens is 324 g/mol. The number of Topliss-reactive ketones (excluding diaryl/α,β-unsaturated/α-hetero) is 1. The van der Waals surface area contributed by atoms with E-state index < -0.39 is 23.2 Å². The molecule has 0 heterocycles. The number of ketones is 1. The molecule has 1 saturated carbocycles. The van der Waals surface area contributed by atoms with E-state index in [4.69, 9.17) is 4.74 Å². The molecule has 1 fully saturated rings. The van der Waals surface area contributed by atoms with Crippen LogP contribution in [0.2, 0.25) is 0 Å². The summed E-state index contributed by atoms with van der Waals surface area (Å²) in [7, 11) is 0. The SMILES string of the molecule is CCOC(=O)[C@]1(C(C)=O)[C@H](C=O)[C@H]1c1ccc(Br)cc1. The van der Waals surface area contributed by atoms with Crippen molar-refractivity contribution < 1.29 is 19.1 Å². The van der Waals surface area contributed by atoms with E-state index in [0.717, 1.165) is 10.0 Å². The van der Waals surface area contributed by atoms with Gasteiger partial charge < -0.3 is 9.53 Å². The number of carbonyl (C=O) groups is 3. The summed E-state index contributed by atoms with van der Waals surface area (Å²) in [5, 5.41) is 0. The molecule has 1 aromatic carbocycles. The smallest absolute Gasteiger partial charge is 0.321 e. The fourth-order valence-corrected chi connectivity index (χ4v) is 3.12. The summed E-state index contributed by atoms with van der Waals surface area (Å²) in [6.07, 6.45) is 0.686. The lowest BCUT2D eigenvalue weighted by Crippen LogP contribution is -2.30. The fourth-order valence-electron chi connectivity index (χ4n) is 2.85. The van der Waals surface area contributed by atoms with Crippen LogP contribution in [0.3, 0.4) is 0 Å². The number of carbonyl (C=O) groups excluding carboxylic acids is 3. The molecule has 20 heavy (non-hydrogen) atoms. The van der Waals surface area contributed by atoms with Crippen molar-refractivity contribution in [2.45, 2.75) is 19.8 Å². The maximum absolute atomic E-state index is 12.2. The van der Waals surface area contributed by atoms with E-state index in [-0.39, 0.29) is 12.4 Å². The number of hydrogen-bond donors (Lipinski definition) is 0. The minimum absolute atomic E-state index is 0.187. The van der Waals surface area contributed by atoms with Crippen molar-refractivity contribution in [3.63, 3.8) is 0 Å². The molecule has 0 unspecified atom stereocenters. The van der Waals surface area contributed by atoms with Crippen molar-refractivity contribution in [2.75, 3.05) is 6.61 Å². The van der Waals surface area contributed by atoms with Crippen LogP contribution in [0.15, 0.2) is 28.7 Å². The van der Waals surface area contributed by atoms with E-state index in [9.17, 15) is 14.4 Å². The maximum atomic E-state index is 12.2. The van der Waals surface area contributed by atoms with Crippen molar-refractivity contribution in [3.05, 3.63) is 34.3 Å². The molecule has 3 atom stereocenters. The molecule has 5 heteroatoms. The van der Waals surface area contributed by atoms with Crippen LogP contribution in [0.4, 0.5) is 0 Å². The monoisotopic (exact) mass is 338 g/mol. The van der Waals surface area contributed by atoms with E-state index in [1.807, 2.05) is 24.3 Å². The van der Waals surface area contributed by atoms with Crippen molar-refractivity contribution in [3.8, 4) is 0 Å². The third kappa shape index (κ3) is 2.10. The first-order valence-electron chi connectivity index (χ1n) is 6.39. The lowest BCUT2D eigenvalue weighted by molar-refractivity contribution is -0.154. The first-order valence-corrected chi connectivity index (χ1v) is 7.18. The molecular formula is C15H15BrO4. The quantitative estimate of drug-likeness (QED) is 0.470. The van der Waals surface area contributed by atoms with Crippen LogP contribution in [-0.2, 0) is 19.1 Å². The van der Waals surface area contributed by atoms with Gasteiger partial charge in [-0.15, -0.1) is 0 Å². The van der Waals surface area contributed by atoms with E-state index in [2.05, 4.69) is 15.9 Å². The number of ether oxygens (including phenoxy) is 1. The van der Waals surface area contributed by atoms with Gasteiger partial charge in [-0.05, 0) is 31.5 Å². The van der Waals surface area contributed by atoms with Gasteiger partial charge in [-0.2, -0.15) is 0 Å². The highest BCUT2D eigenvalue weighted by Gasteiger charge is 2.74. The summed E-state index contributed by atoms with van der Waals surface area (Å²) in [6.45, 7) is 3.21. The average molecular weight is 339 g/mol. The van der Waals surface area contributed by atoms with Crippen LogP contribution in [-0.4, -0.2) is 24.6 Å². The standard InChI is InChI=1S/C15H15BrO4/c1-3-20-14(19)15(9(2)18)12(8-17)13(15)10-4-6-11(16)7-5-10/h4-8,12-13H,3H2,1-2H3/t12-,13-,15-/m1/s1. The van der Waals surface area contributed by atoms with Gasteiger partial charge in [0.2, 0.25) is 0 Å². The Hall–Kier alpha value is -1.49. The van der Waals surface area contributed by atoms with Crippen molar-refractivity contribution in [1.82, 2.24) is 0 Å². The highest BCUT2D eigenvalue weighted by Crippen LogP contribution is 2.65. The van der Waals surface area contributed by atoms with Gasteiger partial charge >= 0.3 is 5.97 Å². The van der Waals surface area contributed by atoms with Crippen LogP contribution in [0, 0.1) is 11.3 Å². The summed E-state index contributed by atoms with van der Waals surface area (Å²) in [6, 6.07) is 7.28. The van der Waals surface area contributed by atoms with E-state index >= 15 is 0 Å². The van der Waals surface area contributed by atoms with Gasteiger partial charge in [-0.1, -0.05) is 28.1 Å². The minimum Gasteiger partial charge on any atom is -0.465 e. The maximum Gasteiger partial charge on any atom is 0.321 e.